The quantitative estimate of drug-likeness (QED) is 0.722. The van der Waals surface area contributed by atoms with Gasteiger partial charge in [0.1, 0.15) is 0 Å². The minimum atomic E-state index is 0.798. The van der Waals surface area contributed by atoms with Gasteiger partial charge in [-0.15, -0.1) is 0 Å². The van der Waals surface area contributed by atoms with Crippen molar-refractivity contribution in [3.8, 4) is 0 Å². The van der Waals surface area contributed by atoms with Crippen molar-refractivity contribution in [2.75, 3.05) is 39.4 Å². The van der Waals surface area contributed by atoms with Gasteiger partial charge in [-0.05, 0) is 44.2 Å². The van der Waals surface area contributed by atoms with Gasteiger partial charge >= 0.3 is 0 Å². The average molecular weight is 198 g/mol. The second-order valence-electron chi connectivity index (χ2n) is 4.72. The summed E-state index contributed by atoms with van der Waals surface area (Å²) in [4.78, 5) is 2.60. The summed E-state index contributed by atoms with van der Waals surface area (Å²) in [7, 11) is 0. The van der Waals surface area contributed by atoms with Crippen LogP contribution in [-0.2, 0) is 4.74 Å². The van der Waals surface area contributed by atoms with Crippen LogP contribution in [0.4, 0.5) is 0 Å². The van der Waals surface area contributed by atoms with Crippen molar-refractivity contribution in [1.29, 1.82) is 0 Å². The molecule has 2 N–H and O–H groups in total. The standard InChI is InChI=1S/C11H22N2O/c12-4-1-10-2-5-13(7-10)8-11-3-6-14-9-11/h10-11H,1-9,12H2. The second-order valence-corrected chi connectivity index (χ2v) is 4.72. The highest BCUT2D eigenvalue weighted by Gasteiger charge is 2.25. The van der Waals surface area contributed by atoms with Crippen LogP contribution >= 0.6 is 0 Å². The molecule has 0 radical (unpaired) electrons. The number of hydrogen-bond donors (Lipinski definition) is 1. The van der Waals surface area contributed by atoms with Crippen LogP contribution in [0.2, 0.25) is 0 Å². The molecule has 82 valence electrons. The third kappa shape index (κ3) is 2.69. The predicted octanol–water partition coefficient (Wildman–Crippen LogP) is 0.694. The van der Waals surface area contributed by atoms with E-state index in [2.05, 4.69) is 4.90 Å². The summed E-state index contributed by atoms with van der Waals surface area (Å²) in [5, 5.41) is 0. The molecule has 0 amide bonds. The van der Waals surface area contributed by atoms with Crippen molar-refractivity contribution < 1.29 is 4.74 Å². The molecule has 0 bridgehead atoms. The van der Waals surface area contributed by atoms with E-state index in [1.165, 1.54) is 38.9 Å². The minimum absolute atomic E-state index is 0.798. The summed E-state index contributed by atoms with van der Waals surface area (Å²) in [5.41, 5.74) is 5.58. The Bertz CT molecular complexity index is 169. The Kier molecular flexibility index (Phi) is 3.79. The predicted molar refractivity (Wildman–Crippen MR) is 57.1 cm³/mol. The van der Waals surface area contributed by atoms with Gasteiger partial charge in [-0.2, -0.15) is 0 Å². The largest absolute Gasteiger partial charge is 0.381 e. The molecule has 0 spiro atoms. The Morgan fingerprint density at radius 1 is 1.29 bits per heavy atom. The molecule has 2 aliphatic heterocycles. The maximum atomic E-state index is 5.58. The van der Waals surface area contributed by atoms with Crippen LogP contribution in [0.25, 0.3) is 0 Å². The fourth-order valence-corrected chi connectivity index (χ4v) is 2.64. The Morgan fingerprint density at radius 2 is 2.21 bits per heavy atom. The molecule has 3 nitrogen and oxygen atoms in total. The molecule has 0 aromatic heterocycles. The van der Waals surface area contributed by atoms with Crippen LogP contribution in [0.3, 0.4) is 0 Å². The number of ether oxygens (including phenoxy) is 1. The first-order chi connectivity index (χ1) is 6.88. The maximum Gasteiger partial charge on any atom is 0.0507 e. The van der Waals surface area contributed by atoms with Gasteiger partial charge in [-0.3, -0.25) is 0 Å². The van der Waals surface area contributed by atoms with Gasteiger partial charge in [0.15, 0.2) is 0 Å². The lowest BCUT2D eigenvalue weighted by Crippen LogP contribution is -2.28. The fraction of sp³-hybridized carbons (Fsp3) is 1.00. The smallest absolute Gasteiger partial charge is 0.0507 e. The molecule has 2 aliphatic rings. The SMILES string of the molecule is NCCC1CCN(CC2CCOC2)C1. The van der Waals surface area contributed by atoms with Gasteiger partial charge in [0.05, 0.1) is 6.61 Å². The van der Waals surface area contributed by atoms with E-state index in [1.54, 1.807) is 0 Å². The Hall–Kier alpha value is -0.120. The third-order valence-corrected chi connectivity index (χ3v) is 3.49. The Balaban J connectivity index is 1.67. The van der Waals surface area contributed by atoms with E-state index < -0.39 is 0 Å². The molecule has 2 fully saturated rings. The molecule has 2 heterocycles. The molecular formula is C11H22N2O. The van der Waals surface area contributed by atoms with Crippen molar-refractivity contribution >= 4 is 0 Å². The third-order valence-electron chi connectivity index (χ3n) is 3.49. The average Bonchev–Trinajstić information content (AvgIpc) is 2.79. The van der Waals surface area contributed by atoms with Crippen molar-refractivity contribution in [3.63, 3.8) is 0 Å². The molecule has 0 aromatic rings. The topological polar surface area (TPSA) is 38.5 Å². The molecule has 0 aliphatic carbocycles. The zero-order valence-corrected chi connectivity index (χ0v) is 8.95. The van der Waals surface area contributed by atoms with Crippen LogP contribution in [0.15, 0.2) is 0 Å². The lowest BCUT2D eigenvalue weighted by Gasteiger charge is -2.19. The molecule has 0 aromatic carbocycles. The minimum Gasteiger partial charge on any atom is -0.381 e. The first kappa shape index (κ1) is 10.4. The van der Waals surface area contributed by atoms with Crippen LogP contribution in [0, 0.1) is 11.8 Å². The monoisotopic (exact) mass is 198 g/mol. The van der Waals surface area contributed by atoms with Gasteiger partial charge in [-0.25, -0.2) is 0 Å². The summed E-state index contributed by atoms with van der Waals surface area (Å²) in [5.74, 6) is 1.66. The van der Waals surface area contributed by atoms with Gasteiger partial charge in [0.2, 0.25) is 0 Å². The first-order valence-corrected chi connectivity index (χ1v) is 5.88. The number of nitrogens with two attached hydrogens (primary N) is 1. The van der Waals surface area contributed by atoms with Crippen molar-refractivity contribution in [2.24, 2.45) is 17.6 Å². The van der Waals surface area contributed by atoms with E-state index in [4.69, 9.17) is 10.5 Å². The number of likely N-dealkylation sites (tertiary alicyclic amines) is 1. The maximum absolute atomic E-state index is 5.58. The van der Waals surface area contributed by atoms with Gasteiger partial charge in [0, 0.05) is 19.7 Å². The summed E-state index contributed by atoms with van der Waals surface area (Å²) in [6, 6.07) is 0. The van der Waals surface area contributed by atoms with E-state index in [-0.39, 0.29) is 0 Å². The lowest BCUT2D eigenvalue weighted by atomic mass is 10.1. The van der Waals surface area contributed by atoms with Crippen LogP contribution in [0.5, 0.6) is 0 Å². The number of hydrogen-bond acceptors (Lipinski definition) is 3. The normalized spacial score (nSPS) is 34.1. The lowest BCUT2D eigenvalue weighted by molar-refractivity contribution is 0.173. The van der Waals surface area contributed by atoms with Gasteiger partial charge in [-0.1, -0.05) is 0 Å². The van der Waals surface area contributed by atoms with Crippen LogP contribution in [0.1, 0.15) is 19.3 Å². The van der Waals surface area contributed by atoms with Crippen molar-refractivity contribution in [2.45, 2.75) is 19.3 Å². The molecule has 2 rings (SSSR count). The van der Waals surface area contributed by atoms with E-state index in [1.807, 2.05) is 0 Å². The Labute approximate surface area is 86.6 Å². The summed E-state index contributed by atoms with van der Waals surface area (Å²) >= 11 is 0. The molecular weight excluding hydrogens is 176 g/mol. The zero-order valence-electron chi connectivity index (χ0n) is 8.95. The zero-order chi connectivity index (χ0) is 9.80. The van der Waals surface area contributed by atoms with Crippen molar-refractivity contribution in [1.82, 2.24) is 4.90 Å². The van der Waals surface area contributed by atoms with E-state index in [0.29, 0.717) is 0 Å². The molecule has 0 saturated carbocycles. The van der Waals surface area contributed by atoms with E-state index in [9.17, 15) is 0 Å². The molecule has 2 saturated heterocycles. The van der Waals surface area contributed by atoms with E-state index in [0.717, 1.165) is 31.6 Å². The number of nitrogens with zero attached hydrogens (tertiary/aromatic N) is 1. The molecule has 2 atom stereocenters. The van der Waals surface area contributed by atoms with Crippen molar-refractivity contribution in [3.05, 3.63) is 0 Å². The highest BCUT2D eigenvalue weighted by Crippen LogP contribution is 2.22. The van der Waals surface area contributed by atoms with E-state index >= 15 is 0 Å². The molecule has 14 heavy (non-hydrogen) atoms. The van der Waals surface area contributed by atoms with Gasteiger partial charge in [0.25, 0.3) is 0 Å². The summed E-state index contributed by atoms with van der Waals surface area (Å²) in [6.07, 6.45) is 3.82. The first-order valence-electron chi connectivity index (χ1n) is 5.88. The van der Waals surface area contributed by atoms with Crippen LogP contribution in [-0.4, -0.2) is 44.3 Å². The molecule has 2 unspecified atom stereocenters. The second kappa shape index (κ2) is 5.10. The highest BCUT2D eigenvalue weighted by atomic mass is 16.5. The van der Waals surface area contributed by atoms with Gasteiger partial charge < -0.3 is 15.4 Å². The Morgan fingerprint density at radius 3 is 2.93 bits per heavy atom. The highest BCUT2D eigenvalue weighted by molar-refractivity contribution is 4.78. The molecule has 3 heteroatoms. The fourth-order valence-electron chi connectivity index (χ4n) is 2.64. The summed E-state index contributed by atoms with van der Waals surface area (Å²) < 4.78 is 5.40. The number of rotatable bonds is 4. The van der Waals surface area contributed by atoms with Crippen LogP contribution < -0.4 is 5.73 Å². The summed E-state index contributed by atoms with van der Waals surface area (Å²) in [6.45, 7) is 6.61.